The fourth-order valence-electron chi connectivity index (χ4n) is 1.88. The van der Waals surface area contributed by atoms with Crippen molar-refractivity contribution >= 4 is 35.6 Å². The first kappa shape index (κ1) is 18.5. The van der Waals surface area contributed by atoms with E-state index in [0.29, 0.717) is 10.1 Å². The number of nitrogens with zero attached hydrogens (tertiary/aromatic N) is 2. The SMILES string of the molecule is O=C(COCOCC(=O)ON1C(=O)CCC1=O)ON1C(=O)CCC1=O. The van der Waals surface area contributed by atoms with E-state index >= 15 is 0 Å². The van der Waals surface area contributed by atoms with Crippen LogP contribution in [-0.2, 0) is 47.9 Å². The molecule has 0 bridgehead atoms. The van der Waals surface area contributed by atoms with Crippen molar-refractivity contribution in [1.82, 2.24) is 10.1 Å². The lowest BCUT2D eigenvalue weighted by molar-refractivity contribution is -0.206. The molecule has 0 atom stereocenters. The molecule has 25 heavy (non-hydrogen) atoms. The number of imide groups is 2. The van der Waals surface area contributed by atoms with Crippen LogP contribution < -0.4 is 0 Å². The molecule has 0 aromatic carbocycles. The maximum Gasteiger partial charge on any atom is 0.358 e. The van der Waals surface area contributed by atoms with Crippen molar-refractivity contribution in [2.24, 2.45) is 0 Å². The maximum absolute atomic E-state index is 11.4. The van der Waals surface area contributed by atoms with E-state index in [9.17, 15) is 28.8 Å². The van der Waals surface area contributed by atoms with E-state index in [1.807, 2.05) is 0 Å². The predicted molar refractivity (Wildman–Crippen MR) is 71.1 cm³/mol. The zero-order valence-corrected chi connectivity index (χ0v) is 12.9. The Labute approximate surface area is 140 Å². The number of carbonyl (C=O) groups excluding carboxylic acids is 6. The van der Waals surface area contributed by atoms with Gasteiger partial charge in [0.15, 0.2) is 0 Å². The first-order valence-corrected chi connectivity index (χ1v) is 7.17. The smallest absolute Gasteiger partial charge is 0.344 e. The molecule has 12 heteroatoms. The number of amides is 4. The summed E-state index contributed by atoms with van der Waals surface area (Å²) in [6.45, 7) is -1.77. The lowest BCUT2D eigenvalue weighted by Gasteiger charge is -2.13. The first-order chi connectivity index (χ1) is 11.9. The molecule has 0 aromatic rings. The van der Waals surface area contributed by atoms with Crippen molar-refractivity contribution in [2.75, 3.05) is 20.0 Å². The summed E-state index contributed by atoms with van der Waals surface area (Å²) in [6.07, 6.45) is -0.110. The molecule has 2 fully saturated rings. The molecule has 136 valence electrons. The molecule has 2 aliphatic heterocycles. The van der Waals surface area contributed by atoms with Crippen LogP contribution in [-0.4, -0.2) is 65.7 Å². The van der Waals surface area contributed by atoms with Crippen molar-refractivity contribution in [2.45, 2.75) is 25.7 Å². The molecule has 0 radical (unpaired) electrons. The molecule has 0 aromatic heterocycles. The second kappa shape index (κ2) is 8.30. The van der Waals surface area contributed by atoms with Crippen LogP contribution in [0.15, 0.2) is 0 Å². The van der Waals surface area contributed by atoms with Gasteiger partial charge in [0.05, 0.1) is 0 Å². The highest BCUT2D eigenvalue weighted by atomic mass is 16.8. The summed E-state index contributed by atoms with van der Waals surface area (Å²) in [5.41, 5.74) is 0. The first-order valence-electron chi connectivity index (χ1n) is 7.17. The molecule has 12 nitrogen and oxygen atoms in total. The molecule has 4 amide bonds. The van der Waals surface area contributed by atoms with E-state index in [-0.39, 0.29) is 25.7 Å². The van der Waals surface area contributed by atoms with E-state index in [1.54, 1.807) is 0 Å². The van der Waals surface area contributed by atoms with Crippen LogP contribution in [0.3, 0.4) is 0 Å². The molecule has 0 aliphatic carbocycles. The Bertz CT molecular complexity index is 532. The molecule has 0 saturated carbocycles. The van der Waals surface area contributed by atoms with Gasteiger partial charge < -0.3 is 19.1 Å². The third kappa shape index (κ3) is 5.06. The maximum atomic E-state index is 11.4. The van der Waals surface area contributed by atoms with E-state index in [0.717, 1.165) is 0 Å². The quantitative estimate of drug-likeness (QED) is 0.276. The average Bonchev–Trinajstić information content (AvgIpc) is 3.04. The van der Waals surface area contributed by atoms with Gasteiger partial charge in [-0.1, -0.05) is 0 Å². The molecule has 2 aliphatic rings. The minimum atomic E-state index is -0.997. The van der Waals surface area contributed by atoms with E-state index in [2.05, 4.69) is 9.68 Å². The summed E-state index contributed by atoms with van der Waals surface area (Å²) in [7, 11) is 0. The fourth-order valence-corrected chi connectivity index (χ4v) is 1.88. The molecule has 0 N–H and O–H groups in total. The lowest BCUT2D eigenvalue weighted by Crippen LogP contribution is -2.34. The molecule has 0 unspecified atom stereocenters. The van der Waals surface area contributed by atoms with Crippen LogP contribution in [0, 0.1) is 0 Å². The molecule has 0 spiro atoms. The Morgan fingerprint density at radius 3 is 1.32 bits per heavy atom. The van der Waals surface area contributed by atoms with E-state index in [4.69, 9.17) is 9.47 Å². The number of hydrogen-bond donors (Lipinski definition) is 0. The zero-order valence-electron chi connectivity index (χ0n) is 12.9. The molecular weight excluding hydrogens is 344 g/mol. The van der Waals surface area contributed by atoms with Gasteiger partial charge in [-0.2, -0.15) is 0 Å². The Morgan fingerprint density at radius 2 is 1.00 bits per heavy atom. The van der Waals surface area contributed by atoms with Gasteiger partial charge in [0.1, 0.15) is 20.0 Å². The summed E-state index contributed by atoms with van der Waals surface area (Å²) < 4.78 is 9.48. The topological polar surface area (TPSA) is 146 Å². The van der Waals surface area contributed by atoms with Crippen LogP contribution in [0.4, 0.5) is 0 Å². The lowest BCUT2D eigenvalue weighted by atomic mass is 10.4. The van der Waals surface area contributed by atoms with Crippen LogP contribution in [0.25, 0.3) is 0 Å². The van der Waals surface area contributed by atoms with Gasteiger partial charge in [0, 0.05) is 25.7 Å². The highest BCUT2D eigenvalue weighted by molar-refractivity contribution is 6.02. The Balaban J connectivity index is 1.57. The van der Waals surface area contributed by atoms with Crippen molar-refractivity contribution in [1.29, 1.82) is 0 Å². The molecular formula is C13H14N2O10. The van der Waals surface area contributed by atoms with Crippen LogP contribution in [0.1, 0.15) is 25.7 Å². The Hall–Kier alpha value is -2.86. The van der Waals surface area contributed by atoms with Crippen molar-refractivity contribution in [3.8, 4) is 0 Å². The number of hydroxylamine groups is 4. The van der Waals surface area contributed by atoms with Crippen LogP contribution in [0.2, 0.25) is 0 Å². The molecule has 2 saturated heterocycles. The predicted octanol–water partition coefficient (Wildman–Crippen LogP) is -1.81. The summed E-state index contributed by atoms with van der Waals surface area (Å²) in [4.78, 5) is 76.6. The minimum Gasteiger partial charge on any atom is -0.344 e. The summed E-state index contributed by atoms with van der Waals surface area (Å²) in [5.74, 6) is -4.48. The second-order valence-electron chi connectivity index (χ2n) is 4.91. The second-order valence-corrected chi connectivity index (χ2v) is 4.91. The monoisotopic (exact) mass is 358 g/mol. The van der Waals surface area contributed by atoms with Crippen molar-refractivity contribution in [3.05, 3.63) is 0 Å². The van der Waals surface area contributed by atoms with Crippen LogP contribution in [0.5, 0.6) is 0 Å². The molecule has 2 rings (SSSR count). The van der Waals surface area contributed by atoms with Gasteiger partial charge in [-0.3, -0.25) is 19.2 Å². The van der Waals surface area contributed by atoms with Gasteiger partial charge in [-0.05, 0) is 0 Å². The highest BCUT2D eigenvalue weighted by Gasteiger charge is 2.33. The Morgan fingerprint density at radius 1 is 0.680 bits per heavy atom. The summed E-state index contributed by atoms with van der Waals surface area (Å²) in [6, 6.07) is 0. The van der Waals surface area contributed by atoms with Crippen molar-refractivity contribution < 1.29 is 47.9 Å². The van der Waals surface area contributed by atoms with Crippen molar-refractivity contribution in [3.63, 3.8) is 0 Å². The van der Waals surface area contributed by atoms with Gasteiger partial charge in [0.2, 0.25) is 0 Å². The average molecular weight is 358 g/mol. The number of ether oxygens (including phenoxy) is 2. The summed E-state index contributed by atoms with van der Waals surface area (Å²) in [5, 5.41) is 0.738. The standard InChI is InChI=1S/C13H14N2O10/c16-8-1-2-9(17)14(8)24-12(20)5-22-7-23-6-13(21)25-15-10(18)3-4-11(15)19/h1-7H2. The van der Waals surface area contributed by atoms with Gasteiger partial charge in [-0.15, -0.1) is 10.1 Å². The zero-order chi connectivity index (χ0) is 18.4. The minimum absolute atomic E-state index is 0.0276. The van der Waals surface area contributed by atoms with Gasteiger partial charge >= 0.3 is 11.9 Å². The highest BCUT2D eigenvalue weighted by Crippen LogP contribution is 2.12. The fraction of sp³-hybridized carbons (Fsp3) is 0.538. The van der Waals surface area contributed by atoms with E-state index < -0.39 is 55.6 Å². The normalized spacial score (nSPS) is 17.4. The third-order valence-corrected chi connectivity index (χ3v) is 3.00. The van der Waals surface area contributed by atoms with Gasteiger partial charge in [-0.25, -0.2) is 9.59 Å². The number of carbonyl (C=O) groups is 6. The summed E-state index contributed by atoms with van der Waals surface area (Å²) >= 11 is 0. The largest absolute Gasteiger partial charge is 0.358 e. The Kier molecular flexibility index (Phi) is 6.14. The number of rotatable bonds is 8. The van der Waals surface area contributed by atoms with E-state index in [1.165, 1.54) is 0 Å². The number of hydrogen-bond acceptors (Lipinski definition) is 10. The van der Waals surface area contributed by atoms with Gasteiger partial charge in [0.25, 0.3) is 23.6 Å². The third-order valence-electron chi connectivity index (χ3n) is 3.00. The molecule has 2 heterocycles. The van der Waals surface area contributed by atoms with Crippen LogP contribution >= 0.6 is 0 Å².